The number of allylic oxidation sites excluding steroid dienone is 4. The van der Waals surface area contributed by atoms with Crippen molar-refractivity contribution < 1.29 is 27.4 Å². The molecule has 4 N–H and O–H groups in total. The molecule has 13 heteroatoms. The molecular weight excluding hydrogens is 467 g/mol. The zero-order valence-corrected chi connectivity index (χ0v) is 18.6. The number of H-pyrrole nitrogens is 1. The Balaban J connectivity index is 1.40. The number of halogens is 3. The summed E-state index contributed by atoms with van der Waals surface area (Å²) in [6, 6.07) is 8.40. The molecule has 0 saturated carbocycles. The molecule has 10 nitrogen and oxygen atoms in total. The largest absolute Gasteiger partial charge is 0.461 e. The van der Waals surface area contributed by atoms with Gasteiger partial charge in [0, 0.05) is 24.4 Å². The van der Waals surface area contributed by atoms with Gasteiger partial charge < -0.3 is 25.3 Å². The molecule has 2 heterocycles. The molecule has 1 aliphatic carbocycles. The lowest BCUT2D eigenvalue weighted by molar-refractivity contribution is -0.0887. The van der Waals surface area contributed by atoms with E-state index in [0.717, 1.165) is 6.08 Å². The lowest BCUT2D eigenvalue weighted by Gasteiger charge is -2.16. The van der Waals surface area contributed by atoms with Crippen LogP contribution < -0.4 is 20.5 Å². The zero-order valence-electron chi connectivity index (χ0n) is 18.6. The molecule has 1 aliphatic rings. The number of alkyl halides is 3. The first-order chi connectivity index (χ1) is 16.8. The average Bonchev–Trinajstić information content (AvgIpc) is 3.27. The number of ether oxygens (including phenoxy) is 3. The Morgan fingerprint density at radius 3 is 2.66 bits per heavy atom. The molecule has 35 heavy (non-hydrogen) atoms. The van der Waals surface area contributed by atoms with Gasteiger partial charge in [-0.1, -0.05) is 6.08 Å². The van der Waals surface area contributed by atoms with E-state index in [1.54, 1.807) is 31.4 Å². The summed E-state index contributed by atoms with van der Waals surface area (Å²) < 4.78 is 54.8. The van der Waals surface area contributed by atoms with E-state index in [-0.39, 0.29) is 36.7 Å². The fourth-order valence-corrected chi connectivity index (χ4v) is 3.14. The minimum Gasteiger partial charge on any atom is -0.461 e. The van der Waals surface area contributed by atoms with E-state index in [1.165, 1.54) is 12.1 Å². The van der Waals surface area contributed by atoms with Crippen molar-refractivity contribution in [1.82, 2.24) is 25.1 Å². The van der Waals surface area contributed by atoms with Gasteiger partial charge in [0.1, 0.15) is 18.2 Å². The van der Waals surface area contributed by atoms with Gasteiger partial charge in [0.2, 0.25) is 11.8 Å². The van der Waals surface area contributed by atoms with E-state index in [0.29, 0.717) is 35.9 Å². The number of hydrogen-bond acceptors (Lipinski definition) is 9. The fraction of sp³-hybridized carbons (Fsp3) is 0.273. The van der Waals surface area contributed by atoms with Crippen molar-refractivity contribution in [3.05, 3.63) is 53.8 Å². The standard InChI is InChI=1S/C22H22F3N7O3/c1-33-9-10-34-21-28-17(26)12-18(29-21)35-16-7-5-13(6-8-16)19-30-20(32-31-19)27-15-4-2-3-14(11-15)22(23,24)25/h3,5-8,11-12H,2,4,9-10H2,1H3,(H2,26,28,29)(H2,27,30,31,32). The lowest BCUT2D eigenvalue weighted by atomic mass is 10.0. The van der Waals surface area contributed by atoms with Crippen molar-refractivity contribution in [2.24, 2.45) is 0 Å². The normalized spacial score (nSPS) is 13.7. The molecule has 0 aliphatic heterocycles. The predicted molar refractivity (Wildman–Crippen MR) is 121 cm³/mol. The zero-order chi connectivity index (χ0) is 24.8. The quantitative estimate of drug-likeness (QED) is 0.377. The Kier molecular flexibility index (Phi) is 7.15. The van der Waals surface area contributed by atoms with Crippen molar-refractivity contribution >= 4 is 11.8 Å². The lowest BCUT2D eigenvalue weighted by Crippen LogP contribution is -2.14. The summed E-state index contributed by atoms with van der Waals surface area (Å²) in [6.07, 6.45) is -1.44. The summed E-state index contributed by atoms with van der Waals surface area (Å²) >= 11 is 0. The molecule has 4 rings (SSSR count). The molecule has 0 unspecified atom stereocenters. The number of anilines is 2. The number of nitrogens with zero attached hydrogens (tertiary/aromatic N) is 4. The molecule has 0 spiro atoms. The molecule has 0 saturated heterocycles. The van der Waals surface area contributed by atoms with E-state index >= 15 is 0 Å². The van der Waals surface area contributed by atoms with Gasteiger partial charge in [0.15, 0.2) is 5.82 Å². The molecule has 0 atom stereocenters. The first-order valence-corrected chi connectivity index (χ1v) is 10.5. The summed E-state index contributed by atoms with van der Waals surface area (Å²) in [6.45, 7) is 0.636. The highest BCUT2D eigenvalue weighted by Crippen LogP contribution is 2.32. The van der Waals surface area contributed by atoms with E-state index in [2.05, 4.69) is 30.5 Å². The van der Waals surface area contributed by atoms with Gasteiger partial charge in [-0.25, -0.2) is 0 Å². The molecule has 1 aromatic carbocycles. The monoisotopic (exact) mass is 489 g/mol. The first kappa shape index (κ1) is 24.0. The highest BCUT2D eigenvalue weighted by molar-refractivity contribution is 5.58. The van der Waals surface area contributed by atoms with Crippen LogP contribution in [0.15, 0.2) is 53.8 Å². The topological polar surface area (TPSA) is 133 Å². The van der Waals surface area contributed by atoms with E-state index in [4.69, 9.17) is 19.9 Å². The second-order valence-corrected chi connectivity index (χ2v) is 7.38. The number of benzene rings is 1. The van der Waals surface area contributed by atoms with Gasteiger partial charge in [-0.05, 0) is 43.2 Å². The molecule has 0 amide bonds. The summed E-state index contributed by atoms with van der Waals surface area (Å²) in [5.41, 5.74) is 6.19. The smallest absolute Gasteiger partial charge is 0.416 e. The summed E-state index contributed by atoms with van der Waals surface area (Å²) in [4.78, 5) is 12.4. The highest BCUT2D eigenvalue weighted by atomic mass is 19.4. The molecule has 2 aromatic heterocycles. The number of nitrogen functional groups attached to an aromatic ring is 1. The van der Waals surface area contributed by atoms with Crippen LogP contribution in [0.1, 0.15) is 12.8 Å². The molecule has 3 aromatic rings. The third-order valence-electron chi connectivity index (χ3n) is 4.76. The highest BCUT2D eigenvalue weighted by Gasteiger charge is 2.33. The van der Waals surface area contributed by atoms with Gasteiger partial charge in [-0.15, -0.1) is 5.10 Å². The van der Waals surface area contributed by atoms with Gasteiger partial charge in [-0.3, -0.25) is 5.10 Å². The number of rotatable bonds is 9. The predicted octanol–water partition coefficient (Wildman–Crippen LogP) is 4.24. The first-order valence-electron chi connectivity index (χ1n) is 10.5. The maximum atomic E-state index is 12.9. The van der Waals surface area contributed by atoms with Gasteiger partial charge in [0.25, 0.3) is 0 Å². The molecule has 0 radical (unpaired) electrons. The van der Waals surface area contributed by atoms with Crippen LogP contribution in [0.25, 0.3) is 11.4 Å². The van der Waals surface area contributed by atoms with Gasteiger partial charge in [0.05, 0.1) is 12.2 Å². The van der Waals surface area contributed by atoms with E-state index in [9.17, 15) is 13.2 Å². The van der Waals surface area contributed by atoms with Crippen molar-refractivity contribution in [1.29, 1.82) is 0 Å². The van der Waals surface area contributed by atoms with Crippen molar-refractivity contribution in [2.75, 3.05) is 31.4 Å². The van der Waals surface area contributed by atoms with Crippen molar-refractivity contribution in [3.63, 3.8) is 0 Å². The molecule has 0 bridgehead atoms. The third-order valence-corrected chi connectivity index (χ3v) is 4.76. The minimum atomic E-state index is -4.39. The average molecular weight is 489 g/mol. The van der Waals surface area contributed by atoms with E-state index < -0.39 is 11.7 Å². The summed E-state index contributed by atoms with van der Waals surface area (Å²) in [7, 11) is 1.55. The Labute approximate surface area is 198 Å². The SMILES string of the molecule is COCCOc1nc(N)cc(Oc2ccc(-c3nc(NC4=CC(C(F)(F)F)=CCC4)n[nH]3)cc2)n1. The number of methoxy groups -OCH3 is 1. The Bertz CT molecular complexity index is 1220. The van der Waals surface area contributed by atoms with Crippen LogP contribution in [0.4, 0.5) is 24.9 Å². The van der Waals surface area contributed by atoms with Crippen molar-refractivity contribution in [3.8, 4) is 29.0 Å². The second kappa shape index (κ2) is 10.4. The maximum absolute atomic E-state index is 12.9. The summed E-state index contributed by atoms with van der Waals surface area (Å²) in [5, 5.41) is 9.65. The molecule has 0 fully saturated rings. The summed E-state index contributed by atoms with van der Waals surface area (Å²) in [5.74, 6) is 1.48. The van der Waals surface area contributed by atoms with Crippen LogP contribution in [0.5, 0.6) is 17.6 Å². The Hall–Kier alpha value is -4.13. The number of hydrogen-bond donors (Lipinski definition) is 3. The number of aromatic nitrogens is 5. The van der Waals surface area contributed by atoms with Crippen molar-refractivity contribution in [2.45, 2.75) is 19.0 Å². The fourth-order valence-electron chi connectivity index (χ4n) is 3.14. The number of nitrogens with two attached hydrogens (primary N) is 1. The van der Waals surface area contributed by atoms with E-state index in [1.807, 2.05) is 0 Å². The van der Waals surface area contributed by atoms with Gasteiger partial charge in [-0.2, -0.15) is 28.1 Å². The number of aromatic amines is 1. The minimum absolute atomic E-state index is 0.0706. The van der Waals surface area contributed by atoms with Crippen LogP contribution in [-0.4, -0.2) is 51.6 Å². The second-order valence-electron chi connectivity index (χ2n) is 7.38. The maximum Gasteiger partial charge on any atom is 0.416 e. The molecular formula is C22H22F3N7O3. The van der Waals surface area contributed by atoms with Gasteiger partial charge >= 0.3 is 12.2 Å². The third kappa shape index (κ3) is 6.47. The number of nitrogens with one attached hydrogen (secondary N) is 2. The Morgan fingerprint density at radius 2 is 1.91 bits per heavy atom. The van der Waals surface area contributed by atoms with Crippen LogP contribution >= 0.6 is 0 Å². The van der Waals surface area contributed by atoms with Crippen LogP contribution in [-0.2, 0) is 4.74 Å². The van der Waals surface area contributed by atoms with Crippen LogP contribution in [0.3, 0.4) is 0 Å². The Morgan fingerprint density at radius 1 is 1.11 bits per heavy atom. The molecule has 184 valence electrons. The van der Waals surface area contributed by atoms with Crippen LogP contribution in [0.2, 0.25) is 0 Å². The van der Waals surface area contributed by atoms with Crippen LogP contribution in [0, 0.1) is 0 Å².